The van der Waals surface area contributed by atoms with Crippen LogP contribution in [0.25, 0.3) is 6.08 Å². The summed E-state index contributed by atoms with van der Waals surface area (Å²) in [5.41, 5.74) is 0.512. The Morgan fingerprint density at radius 2 is 2.17 bits per heavy atom. The minimum atomic E-state index is -0.0935. The number of nitrogens with zero attached hydrogens (tertiary/aromatic N) is 2. The van der Waals surface area contributed by atoms with Crippen molar-refractivity contribution in [3.63, 3.8) is 0 Å². The molecule has 0 radical (unpaired) electrons. The van der Waals surface area contributed by atoms with Gasteiger partial charge in [-0.2, -0.15) is 0 Å². The van der Waals surface area contributed by atoms with Gasteiger partial charge in [-0.25, -0.2) is 4.99 Å². The summed E-state index contributed by atoms with van der Waals surface area (Å²) >= 11 is 1.61. The minimum absolute atomic E-state index is 0.0935. The lowest BCUT2D eigenvalue weighted by Crippen LogP contribution is -2.43. The molecule has 2 aliphatic heterocycles. The second-order valence-corrected chi connectivity index (χ2v) is 5.46. The maximum Gasteiger partial charge on any atom is 0.276 e. The molecule has 1 N–H and O–H groups in total. The lowest BCUT2D eigenvalue weighted by molar-refractivity contribution is -0.115. The summed E-state index contributed by atoms with van der Waals surface area (Å²) in [7, 11) is 0. The molecule has 2 aliphatic rings. The fourth-order valence-corrected chi connectivity index (χ4v) is 2.87. The monoisotopic (exact) mass is 261 g/mol. The second-order valence-electron chi connectivity index (χ2n) is 4.48. The first kappa shape index (κ1) is 11.5. The predicted molar refractivity (Wildman–Crippen MR) is 73.3 cm³/mol. The number of carbonyl (C=O) groups is 1. The van der Waals surface area contributed by atoms with Gasteiger partial charge in [0, 0.05) is 18.0 Å². The summed E-state index contributed by atoms with van der Waals surface area (Å²) in [6, 6.07) is 3.96. The topological polar surface area (TPSA) is 44.7 Å². The van der Waals surface area contributed by atoms with Crippen LogP contribution in [0.3, 0.4) is 0 Å². The number of amides is 1. The van der Waals surface area contributed by atoms with E-state index in [0.29, 0.717) is 5.70 Å². The first-order chi connectivity index (χ1) is 8.83. The maximum atomic E-state index is 11.8. The highest BCUT2D eigenvalue weighted by atomic mass is 32.1. The van der Waals surface area contributed by atoms with E-state index >= 15 is 0 Å². The van der Waals surface area contributed by atoms with Crippen LogP contribution in [-0.4, -0.2) is 29.9 Å². The summed E-state index contributed by atoms with van der Waals surface area (Å²) < 4.78 is 0. The Bertz CT molecular complexity index is 498. The third-order valence-corrected chi connectivity index (χ3v) is 3.98. The summed E-state index contributed by atoms with van der Waals surface area (Å²) in [4.78, 5) is 19.5. The first-order valence-electron chi connectivity index (χ1n) is 6.23. The van der Waals surface area contributed by atoms with Gasteiger partial charge in [0.1, 0.15) is 5.70 Å². The third kappa shape index (κ3) is 2.31. The van der Waals surface area contributed by atoms with E-state index in [2.05, 4.69) is 15.2 Å². The lowest BCUT2D eigenvalue weighted by atomic mass is 10.1. The average Bonchev–Trinajstić information content (AvgIpc) is 3.02. The fraction of sp³-hybridized carbons (Fsp3) is 0.385. The minimum Gasteiger partial charge on any atom is -0.342 e. The van der Waals surface area contributed by atoms with E-state index < -0.39 is 0 Å². The van der Waals surface area contributed by atoms with Crippen molar-refractivity contribution in [1.29, 1.82) is 0 Å². The van der Waals surface area contributed by atoms with Crippen LogP contribution in [0.5, 0.6) is 0 Å². The quantitative estimate of drug-likeness (QED) is 0.786. The first-order valence-corrected chi connectivity index (χ1v) is 7.11. The van der Waals surface area contributed by atoms with Gasteiger partial charge in [0.25, 0.3) is 5.91 Å². The van der Waals surface area contributed by atoms with Gasteiger partial charge < -0.3 is 4.90 Å². The predicted octanol–water partition coefficient (Wildman–Crippen LogP) is 2.06. The molecule has 1 amide bonds. The molecule has 1 aromatic rings. The number of hydrogen-bond donors (Lipinski definition) is 1. The van der Waals surface area contributed by atoms with E-state index in [0.717, 1.165) is 23.9 Å². The molecular weight excluding hydrogens is 246 g/mol. The van der Waals surface area contributed by atoms with Gasteiger partial charge in [0.2, 0.25) is 5.96 Å². The Balaban J connectivity index is 1.80. The van der Waals surface area contributed by atoms with Crippen molar-refractivity contribution in [3.05, 3.63) is 28.1 Å². The number of thiophene rings is 1. The molecule has 0 saturated carbocycles. The SMILES string of the molecule is O=C1NC(N2CCCCC2)=N/C1=C\c1cccs1. The van der Waals surface area contributed by atoms with Gasteiger partial charge in [-0.1, -0.05) is 6.07 Å². The Kier molecular flexibility index (Phi) is 3.15. The Labute approximate surface area is 110 Å². The smallest absolute Gasteiger partial charge is 0.276 e. The van der Waals surface area contributed by atoms with E-state index in [1.165, 1.54) is 19.3 Å². The lowest BCUT2D eigenvalue weighted by Gasteiger charge is -2.27. The van der Waals surface area contributed by atoms with Gasteiger partial charge >= 0.3 is 0 Å². The maximum absolute atomic E-state index is 11.8. The van der Waals surface area contributed by atoms with Gasteiger partial charge in [0.15, 0.2) is 0 Å². The molecule has 0 aromatic carbocycles. The fourth-order valence-electron chi connectivity index (χ4n) is 2.22. The standard InChI is InChI=1S/C13H15N3OS/c17-12-11(9-10-5-4-8-18-10)14-13(15-12)16-6-2-1-3-7-16/h4-5,8-9H,1-3,6-7H2,(H,14,15,17)/b11-9-. The number of guanidine groups is 1. The summed E-state index contributed by atoms with van der Waals surface area (Å²) in [5.74, 6) is 0.631. The van der Waals surface area contributed by atoms with Crippen molar-refractivity contribution in [2.24, 2.45) is 4.99 Å². The Morgan fingerprint density at radius 1 is 1.33 bits per heavy atom. The molecule has 0 aliphatic carbocycles. The van der Waals surface area contributed by atoms with Crippen molar-refractivity contribution < 1.29 is 4.79 Å². The number of piperidine rings is 1. The average molecular weight is 261 g/mol. The van der Waals surface area contributed by atoms with Crippen LogP contribution in [0.4, 0.5) is 0 Å². The number of nitrogens with one attached hydrogen (secondary N) is 1. The summed E-state index contributed by atoms with van der Waals surface area (Å²) in [5, 5.41) is 4.85. The number of aliphatic imine (C=N–C) groups is 1. The highest BCUT2D eigenvalue weighted by Crippen LogP contribution is 2.18. The third-order valence-electron chi connectivity index (χ3n) is 3.16. The van der Waals surface area contributed by atoms with E-state index in [1.54, 1.807) is 11.3 Å². The largest absolute Gasteiger partial charge is 0.342 e. The number of hydrogen-bond acceptors (Lipinski definition) is 4. The Morgan fingerprint density at radius 3 is 2.89 bits per heavy atom. The molecule has 0 atom stereocenters. The van der Waals surface area contributed by atoms with Crippen LogP contribution < -0.4 is 5.32 Å². The van der Waals surface area contributed by atoms with Crippen molar-refractivity contribution >= 4 is 29.3 Å². The zero-order valence-corrected chi connectivity index (χ0v) is 10.9. The molecule has 0 unspecified atom stereocenters. The van der Waals surface area contributed by atoms with Gasteiger partial charge in [-0.15, -0.1) is 11.3 Å². The van der Waals surface area contributed by atoms with Crippen LogP contribution in [-0.2, 0) is 4.79 Å². The molecule has 94 valence electrons. The molecule has 3 rings (SSSR count). The molecular formula is C13H15N3OS. The highest BCUT2D eigenvalue weighted by Gasteiger charge is 2.25. The van der Waals surface area contributed by atoms with Gasteiger partial charge in [0.05, 0.1) is 0 Å². The second kappa shape index (κ2) is 4.94. The van der Waals surface area contributed by atoms with E-state index in [9.17, 15) is 4.79 Å². The molecule has 18 heavy (non-hydrogen) atoms. The highest BCUT2D eigenvalue weighted by molar-refractivity contribution is 7.10. The van der Waals surface area contributed by atoms with E-state index in [1.807, 2.05) is 23.6 Å². The molecule has 1 aromatic heterocycles. The zero-order chi connectivity index (χ0) is 12.4. The molecule has 4 nitrogen and oxygen atoms in total. The van der Waals surface area contributed by atoms with Crippen LogP contribution in [0, 0.1) is 0 Å². The van der Waals surface area contributed by atoms with Gasteiger partial charge in [-0.3, -0.25) is 10.1 Å². The van der Waals surface area contributed by atoms with E-state index in [4.69, 9.17) is 0 Å². The normalized spacial score (nSPS) is 22.2. The van der Waals surface area contributed by atoms with Gasteiger partial charge in [-0.05, 0) is 36.8 Å². The number of carbonyl (C=O) groups excluding carboxylic acids is 1. The van der Waals surface area contributed by atoms with Crippen molar-refractivity contribution in [2.75, 3.05) is 13.1 Å². The number of likely N-dealkylation sites (tertiary alicyclic amines) is 1. The van der Waals surface area contributed by atoms with Crippen LogP contribution in [0.15, 0.2) is 28.2 Å². The van der Waals surface area contributed by atoms with Crippen LogP contribution in [0.1, 0.15) is 24.1 Å². The summed E-state index contributed by atoms with van der Waals surface area (Å²) in [6.45, 7) is 1.98. The van der Waals surface area contributed by atoms with Crippen LogP contribution in [0.2, 0.25) is 0 Å². The zero-order valence-electron chi connectivity index (χ0n) is 10.1. The molecule has 1 saturated heterocycles. The number of rotatable bonds is 1. The summed E-state index contributed by atoms with van der Waals surface area (Å²) in [6.07, 6.45) is 5.48. The Hall–Kier alpha value is -1.62. The van der Waals surface area contributed by atoms with Crippen LogP contribution >= 0.6 is 11.3 Å². The molecule has 0 bridgehead atoms. The molecule has 5 heteroatoms. The van der Waals surface area contributed by atoms with Crippen molar-refractivity contribution in [2.45, 2.75) is 19.3 Å². The molecule has 0 spiro atoms. The van der Waals surface area contributed by atoms with Crippen molar-refractivity contribution in [1.82, 2.24) is 10.2 Å². The van der Waals surface area contributed by atoms with Crippen molar-refractivity contribution in [3.8, 4) is 0 Å². The molecule has 3 heterocycles. The van der Waals surface area contributed by atoms with E-state index in [-0.39, 0.29) is 5.91 Å². The molecule has 1 fully saturated rings.